The molecule has 0 aromatic rings. The summed E-state index contributed by atoms with van der Waals surface area (Å²) in [5.74, 6) is -0.683. The highest BCUT2D eigenvalue weighted by molar-refractivity contribution is 5.66. The largest absolute Gasteiger partial charge is 0.481 e. The molecule has 0 fully saturated rings. The van der Waals surface area contributed by atoms with Gasteiger partial charge in [-0.2, -0.15) is 0 Å². The number of aliphatic carboxylic acids is 1. The third-order valence-corrected chi connectivity index (χ3v) is 4.31. The van der Waals surface area contributed by atoms with Gasteiger partial charge in [-0.05, 0) is 25.8 Å². The van der Waals surface area contributed by atoms with Crippen LogP contribution in [-0.2, 0) is 4.79 Å². The van der Waals surface area contributed by atoms with Crippen LogP contribution in [0.15, 0.2) is 0 Å². The lowest BCUT2D eigenvalue weighted by atomic mass is 10.0. The number of carbonyl (C=O) groups is 1. The van der Waals surface area contributed by atoms with Gasteiger partial charge in [0.15, 0.2) is 0 Å². The van der Waals surface area contributed by atoms with Gasteiger partial charge in [0.1, 0.15) is 0 Å². The van der Waals surface area contributed by atoms with E-state index in [-0.39, 0.29) is 6.42 Å². The highest BCUT2D eigenvalue weighted by Crippen LogP contribution is 2.13. The molecule has 3 nitrogen and oxygen atoms in total. The molecular weight excluding hydrogens is 274 g/mol. The van der Waals surface area contributed by atoms with E-state index in [9.17, 15) is 4.79 Å². The molecule has 0 bridgehead atoms. The van der Waals surface area contributed by atoms with Crippen LogP contribution in [0.4, 0.5) is 0 Å². The van der Waals surface area contributed by atoms with Gasteiger partial charge < -0.3 is 10.4 Å². The van der Waals surface area contributed by atoms with Crippen LogP contribution in [0.2, 0.25) is 0 Å². The molecule has 0 aromatic carbocycles. The Bertz CT molecular complexity index is 230. The number of carboxylic acid groups (broad SMARTS) is 1. The fourth-order valence-electron chi connectivity index (χ4n) is 2.88. The molecule has 0 aliphatic rings. The van der Waals surface area contributed by atoms with Gasteiger partial charge in [0.25, 0.3) is 0 Å². The molecule has 0 amide bonds. The first-order valence-electron chi connectivity index (χ1n) is 9.65. The van der Waals surface area contributed by atoms with E-state index >= 15 is 0 Å². The molecule has 0 aromatic heterocycles. The Labute approximate surface area is 138 Å². The van der Waals surface area contributed by atoms with Crippen LogP contribution < -0.4 is 5.32 Å². The molecule has 0 aliphatic carbocycles. The standard InChI is InChI=1S/C19H39NO2/c1-3-5-7-9-11-14-18(15-12-10-8-6-4-2)20-17-13-16-19(21)22/h18,20H,3-17H2,1-2H3,(H,21,22). The molecule has 132 valence electrons. The van der Waals surface area contributed by atoms with Crippen molar-refractivity contribution in [1.29, 1.82) is 0 Å². The van der Waals surface area contributed by atoms with Crippen molar-refractivity contribution in [2.45, 2.75) is 110 Å². The topological polar surface area (TPSA) is 49.3 Å². The molecular formula is C19H39NO2. The second-order valence-electron chi connectivity index (χ2n) is 6.55. The second-order valence-corrected chi connectivity index (χ2v) is 6.55. The Hall–Kier alpha value is -0.570. The van der Waals surface area contributed by atoms with E-state index in [1.54, 1.807) is 0 Å². The first-order valence-corrected chi connectivity index (χ1v) is 9.65. The summed E-state index contributed by atoms with van der Waals surface area (Å²) in [4.78, 5) is 10.6. The van der Waals surface area contributed by atoms with Crippen molar-refractivity contribution in [1.82, 2.24) is 5.32 Å². The molecule has 2 N–H and O–H groups in total. The van der Waals surface area contributed by atoms with Gasteiger partial charge >= 0.3 is 5.97 Å². The van der Waals surface area contributed by atoms with Crippen LogP contribution in [0.1, 0.15) is 104 Å². The van der Waals surface area contributed by atoms with E-state index in [1.807, 2.05) is 0 Å². The third-order valence-electron chi connectivity index (χ3n) is 4.31. The minimum atomic E-state index is -0.683. The Kier molecular flexibility index (Phi) is 16.4. The van der Waals surface area contributed by atoms with Crippen molar-refractivity contribution < 1.29 is 9.90 Å². The highest BCUT2D eigenvalue weighted by atomic mass is 16.4. The summed E-state index contributed by atoms with van der Waals surface area (Å²) < 4.78 is 0. The minimum Gasteiger partial charge on any atom is -0.481 e. The fourth-order valence-corrected chi connectivity index (χ4v) is 2.88. The zero-order valence-corrected chi connectivity index (χ0v) is 15.0. The first-order chi connectivity index (χ1) is 10.7. The average Bonchev–Trinajstić information content (AvgIpc) is 2.50. The molecule has 0 atom stereocenters. The van der Waals surface area contributed by atoms with Gasteiger partial charge in [-0.3, -0.25) is 4.79 Å². The number of unbranched alkanes of at least 4 members (excludes halogenated alkanes) is 8. The summed E-state index contributed by atoms with van der Waals surface area (Å²) in [6.45, 7) is 5.35. The zero-order chi connectivity index (χ0) is 16.5. The van der Waals surface area contributed by atoms with E-state index in [1.165, 1.54) is 77.0 Å². The minimum absolute atomic E-state index is 0.284. The molecule has 22 heavy (non-hydrogen) atoms. The molecule has 0 radical (unpaired) electrons. The lowest BCUT2D eigenvalue weighted by Crippen LogP contribution is -2.30. The van der Waals surface area contributed by atoms with Crippen molar-refractivity contribution in [3.05, 3.63) is 0 Å². The predicted molar refractivity (Wildman–Crippen MR) is 95.4 cm³/mol. The fraction of sp³-hybridized carbons (Fsp3) is 0.947. The van der Waals surface area contributed by atoms with Crippen molar-refractivity contribution in [3.63, 3.8) is 0 Å². The summed E-state index contributed by atoms with van der Waals surface area (Å²) in [5.41, 5.74) is 0. The van der Waals surface area contributed by atoms with Gasteiger partial charge in [0.2, 0.25) is 0 Å². The molecule has 0 saturated carbocycles. The number of hydrogen-bond donors (Lipinski definition) is 2. The summed E-state index contributed by atoms with van der Waals surface area (Å²) in [6, 6.07) is 0.594. The molecule has 0 aliphatic heterocycles. The monoisotopic (exact) mass is 313 g/mol. The third kappa shape index (κ3) is 15.8. The van der Waals surface area contributed by atoms with E-state index in [2.05, 4.69) is 19.2 Å². The van der Waals surface area contributed by atoms with Gasteiger partial charge in [-0.1, -0.05) is 78.1 Å². The quantitative estimate of drug-likeness (QED) is 0.347. The van der Waals surface area contributed by atoms with Gasteiger partial charge in [0.05, 0.1) is 0 Å². The predicted octanol–water partition coefficient (Wildman–Crippen LogP) is 5.53. The average molecular weight is 314 g/mol. The van der Waals surface area contributed by atoms with Gasteiger partial charge in [0, 0.05) is 12.5 Å². The lowest BCUT2D eigenvalue weighted by Gasteiger charge is -2.18. The summed E-state index contributed by atoms with van der Waals surface area (Å²) in [7, 11) is 0. The van der Waals surface area contributed by atoms with Crippen LogP contribution in [-0.4, -0.2) is 23.7 Å². The molecule has 0 heterocycles. The normalized spacial score (nSPS) is 11.2. The van der Waals surface area contributed by atoms with Crippen LogP contribution in [0.3, 0.4) is 0 Å². The summed E-state index contributed by atoms with van der Waals surface area (Å²) >= 11 is 0. The van der Waals surface area contributed by atoms with E-state index in [4.69, 9.17) is 5.11 Å². The van der Waals surface area contributed by atoms with Gasteiger partial charge in [-0.25, -0.2) is 0 Å². The first kappa shape index (κ1) is 21.4. The van der Waals surface area contributed by atoms with Crippen molar-refractivity contribution in [3.8, 4) is 0 Å². The number of carboxylic acids is 1. The maximum atomic E-state index is 10.6. The van der Waals surface area contributed by atoms with E-state index in [0.29, 0.717) is 6.04 Å². The Morgan fingerprint density at radius 3 is 1.77 bits per heavy atom. The maximum Gasteiger partial charge on any atom is 0.303 e. The molecule has 0 saturated heterocycles. The molecule has 0 unspecified atom stereocenters. The zero-order valence-electron chi connectivity index (χ0n) is 15.0. The van der Waals surface area contributed by atoms with Crippen molar-refractivity contribution >= 4 is 5.97 Å². The van der Waals surface area contributed by atoms with Crippen LogP contribution in [0.5, 0.6) is 0 Å². The van der Waals surface area contributed by atoms with Crippen LogP contribution >= 0.6 is 0 Å². The Morgan fingerprint density at radius 1 is 0.818 bits per heavy atom. The maximum absolute atomic E-state index is 10.6. The number of nitrogens with one attached hydrogen (secondary N) is 1. The van der Waals surface area contributed by atoms with Crippen molar-refractivity contribution in [2.75, 3.05) is 6.54 Å². The molecule has 3 heteroatoms. The smallest absolute Gasteiger partial charge is 0.303 e. The Balaban J connectivity index is 3.78. The molecule has 0 spiro atoms. The summed E-state index contributed by atoms with van der Waals surface area (Å²) in [5, 5.41) is 12.3. The van der Waals surface area contributed by atoms with Crippen LogP contribution in [0.25, 0.3) is 0 Å². The van der Waals surface area contributed by atoms with Crippen LogP contribution in [0, 0.1) is 0 Å². The number of hydrogen-bond acceptors (Lipinski definition) is 2. The van der Waals surface area contributed by atoms with Gasteiger partial charge in [-0.15, -0.1) is 0 Å². The molecule has 0 rings (SSSR count). The lowest BCUT2D eigenvalue weighted by molar-refractivity contribution is -0.137. The Morgan fingerprint density at radius 2 is 1.32 bits per heavy atom. The van der Waals surface area contributed by atoms with E-state index in [0.717, 1.165) is 13.0 Å². The SMILES string of the molecule is CCCCCCCC(CCCCCCC)NCCCC(=O)O. The highest BCUT2D eigenvalue weighted by Gasteiger charge is 2.08. The summed E-state index contributed by atoms with van der Waals surface area (Å²) in [6.07, 6.45) is 16.9. The number of rotatable bonds is 17. The second kappa shape index (κ2) is 16.8. The van der Waals surface area contributed by atoms with Crippen molar-refractivity contribution in [2.24, 2.45) is 0 Å². The van der Waals surface area contributed by atoms with E-state index < -0.39 is 5.97 Å².